The van der Waals surface area contributed by atoms with E-state index in [0.29, 0.717) is 17.0 Å². The summed E-state index contributed by atoms with van der Waals surface area (Å²) in [5.74, 6) is -0.0222. The molecule has 2 rings (SSSR count). The minimum Gasteiger partial charge on any atom is -0.495 e. The number of hydrogen-bond donors (Lipinski definition) is 2. The zero-order valence-electron chi connectivity index (χ0n) is 9.20. The number of nitrogens with two attached hydrogens (primary N) is 1. The highest BCUT2D eigenvalue weighted by Gasteiger charge is 2.20. The number of H-pyrrole nitrogens is 1. The van der Waals surface area contributed by atoms with Gasteiger partial charge in [-0.05, 0) is 34.7 Å². The first kappa shape index (κ1) is 13.3. The molecule has 0 fully saturated rings. The van der Waals surface area contributed by atoms with Gasteiger partial charge in [0.05, 0.1) is 10.7 Å². The Morgan fingerprint density at radius 1 is 1.50 bits per heavy atom. The van der Waals surface area contributed by atoms with Gasteiger partial charge in [0, 0.05) is 10.0 Å². The van der Waals surface area contributed by atoms with E-state index in [-0.39, 0.29) is 5.69 Å². The van der Waals surface area contributed by atoms with E-state index in [0.717, 1.165) is 8.04 Å². The van der Waals surface area contributed by atoms with E-state index in [4.69, 9.17) is 10.5 Å². The number of benzene rings is 1. The summed E-state index contributed by atoms with van der Waals surface area (Å²) < 4.78 is 7.06. The predicted octanol–water partition coefficient (Wildman–Crippen LogP) is 1.95. The van der Waals surface area contributed by atoms with Gasteiger partial charge in [0.2, 0.25) is 0 Å². The molecule has 0 saturated heterocycles. The molecule has 1 aromatic heterocycles. The summed E-state index contributed by atoms with van der Waals surface area (Å²) in [6.45, 7) is 0. The summed E-state index contributed by atoms with van der Waals surface area (Å²) in [6.07, 6.45) is 0. The molecule has 0 aliphatic rings. The molecule has 0 atom stereocenters. The monoisotopic (exact) mass is 422 g/mol. The van der Waals surface area contributed by atoms with Crippen molar-refractivity contribution in [3.8, 4) is 17.0 Å². The fourth-order valence-corrected chi connectivity index (χ4v) is 3.27. The number of carbonyl (C=O) groups excluding carboxylic acids is 1. The molecule has 1 amide bonds. The highest BCUT2D eigenvalue weighted by Crippen LogP contribution is 2.36. The van der Waals surface area contributed by atoms with E-state index in [2.05, 4.69) is 53.9 Å². The number of nitrogens with one attached hydrogen (secondary N) is 1. The van der Waals surface area contributed by atoms with Crippen LogP contribution in [0, 0.1) is 3.57 Å². The molecule has 0 spiro atoms. The van der Waals surface area contributed by atoms with Gasteiger partial charge >= 0.3 is 0 Å². The molecule has 2 aromatic rings. The Morgan fingerprint density at radius 2 is 2.22 bits per heavy atom. The summed E-state index contributed by atoms with van der Waals surface area (Å²) in [5, 5.41) is 10.1. The first-order chi connectivity index (χ1) is 8.54. The Hall–Kier alpha value is -1.16. The molecule has 0 bridgehead atoms. The molecular weight excluding hydrogens is 415 g/mol. The van der Waals surface area contributed by atoms with Gasteiger partial charge in [-0.3, -0.25) is 4.79 Å². The van der Waals surface area contributed by atoms with E-state index in [9.17, 15) is 4.79 Å². The summed E-state index contributed by atoms with van der Waals surface area (Å²) in [4.78, 5) is 11.3. The van der Waals surface area contributed by atoms with Crippen LogP contribution in [-0.4, -0.2) is 28.4 Å². The molecule has 94 valence electrons. The van der Waals surface area contributed by atoms with E-state index >= 15 is 0 Å². The van der Waals surface area contributed by atoms with E-state index in [1.807, 2.05) is 6.07 Å². The lowest BCUT2D eigenvalue weighted by Gasteiger charge is -2.09. The zero-order chi connectivity index (χ0) is 13.3. The van der Waals surface area contributed by atoms with Crippen LogP contribution < -0.4 is 10.5 Å². The molecule has 8 heteroatoms. The quantitative estimate of drug-likeness (QED) is 0.739. The van der Waals surface area contributed by atoms with Crippen molar-refractivity contribution in [2.24, 2.45) is 5.73 Å². The van der Waals surface area contributed by atoms with Crippen molar-refractivity contribution in [3.63, 3.8) is 0 Å². The maximum absolute atomic E-state index is 11.3. The largest absolute Gasteiger partial charge is 0.495 e. The lowest BCUT2D eigenvalue weighted by Crippen LogP contribution is -2.13. The number of methoxy groups -OCH3 is 1. The molecule has 1 aromatic carbocycles. The molecular formula is C10H8BrIN4O2. The zero-order valence-corrected chi connectivity index (χ0v) is 12.9. The summed E-state index contributed by atoms with van der Waals surface area (Å²) in [5.41, 5.74) is 6.36. The molecule has 0 aliphatic carbocycles. The standard InChI is InChI=1S/C10H8BrIN4O2/c1-18-9-5(2-4(11)3-6(9)12)7-8(10(13)17)15-16-14-7/h2-3H,1H3,(H2,13,17)(H,14,15,16). The SMILES string of the molecule is COc1c(I)cc(Br)cc1-c1n[nH]nc1C(N)=O. The van der Waals surface area contributed by atoms with Crippen LogP contribution in [0.25, 0.3) is 11.3 Å². The Labute approximate surface area is 125 Å². The van der Waals surface area contributed by atoms with Gasteiger partial charge in [0.25, 0.3) is 5.91 Å². The van der Waals surface area contributed by atoms with Crippen molar-refractivity contribution < 1.29 is 9.53 Å². The number of carbonyl (C=O) groups is 1. The minimum absolute atomic E-state index is 0.0854. The average Bonchev–Trinajstić information content (AvgIpc) is 2.76. The normalized spacial score (nSPS) is 10.4. The molecule has 0 aliphatic heterocycles. The Balaban J connectivity index is 2.70. The number of nitrogens with zero attached hydrogens (tertiary/aromatic N) is 2. The minimum atomic E-state index is -0.643. The fourth-order valence-electron chi connectivity index (χ4n) is 1.53. The van der Waals surface area contributed by atoms with Crippen LogP contribution in [0.1, 0.15) is 10.5 Å². The fraction of sp³-hybridized carbons (Fsp3) is 0.100. The van der Waals surface area contributed by atoms with Crippen LogP contribution in [0.5, 0.6) is 5.75 Å². The second kappa shape index (κ2) is 5.22. The Bertz CT molecular complexity index is 614. The highest BCUT2D eigenvalue weighted by atomic mass is 127. The molecule has 6 nitrogen and oxygen atoms in total. The third-order valence-corrected chi connectivity index (χ3v) is 3.51. The van der Waals surface area contributed by atoms with Crippen molar-refractivity contribution in [2.75, 3.05) is 7.11 Å². The summed E-state index contributed by atoms with van der Waals surface area (Å²) in [7, 11) is 1.55. The molecule has 3 N–H and O–H groups in total. The summed E-state index contributed by atoms with van der Waals surface area (Å²) in [6, 6.07) is 3.69. The van der Waals surface area contributed by atoms with E-state index < -0.39 is 5.91 Å². The highest BCUT2D eigenvalue weighted by molar-refractivity contribution is 14.1. The summed E-state index contributed by atoms with van der Waals surface area (Å²) >= 11 is 5.52. The van der Waals surface area contributed by atoms with Crippen molar-refractivity contribution in [3.05, 3.63) is 25.9 Å². The molecule has 0 radical (unpaired) electrons. The van der Waals surface area contributed by atoms with Gasteiger partial charge in [-0.2, -0.15) is 15.4 Å². The first-order valence-electron chi connectivity index (χ1n) is 4.78. The predicted molar refractivity (Wildman–Crippen MR) is 77.3 cm³/mol. The van der Waals surface area contributed by atoms with Crippen molar-refractivity contribution in [1.29, 1.82) is 0 Å². The first-order valence-corrected chi connectivity index (χ1v) is 6.65. The third kappa shape index (κ3) is 2.34. The maximum Gasteiger partial charge on any atom is 0.271 e. The number of rotatable bonds is 3. The number of ether oxygens (including phenoxy) is 1. The number of hydrogen-bond acceptors (Lipinski definition) is 4. The third-order valence-electron chi connectivity index (χ3n) is 2.25. The Morgan fingerprint density at radius 3 is 2.83 bits per heavy atom. The van der Waals surface area contributed by atoms with Crippen LogP contribution >= 0.6 is 38.5 Å². The number of amides is 1. The second-order valence-corrected chi connectivity index (χ2v) is 5.43. The average molecular weight is 423 g/mol. The molecule has 0 unspecified atom stereocenters. The van der Waals surface area contributed by atoms with Crippen molar-refractivity contribution >= 4 is 44.4 Å². The van der Waals surface area contributed by atoms with E-state index in [1.165, 1.54) is 0 Å². The van der Waals surface area contributed by atoms with Crippen molar-refractivity contribution in [1.82, 2.24) is 15.4 Å². The van der Waals surface area contributed by atoms with Crippen LogP contribution in [0.2, 0.25) is 0 Å². The van der Waals surface area contributed by atoms with Crippen LogP contribution in [0.3, 0.4) is 0 Å². The van der Waals surface area contributed by atoms with Gasteiger partial charge in [0.15, 0.2) is 5.69 Å². The number of halogens is 2. The Kier molecular flexibility index (Phi) is 3.85. The number of aromatic nitrogens is 3. The van der Waals surface area contributed by atoms with E-state index in [1.54, 1.807) is 13.2 Å². The lowest BCUT2D eigenvalue weighted by molar-refractivity contribution is 0.0996. The van der Waals surface area contributed by atoms with Crippen molar-refractivity contribution in [2.45, 2.75) is 0 Å². The van der Waals surface area contributed by atoms with Gasteiger partial charge in [0.1, 0.15) is 11.4 Å². The van der Waals surface area contributed by atoms with Gasteiger partial charge < -0.3 is 10.5 Å². The van der Waals surface area contributed by atoms with Crippen LogP contribution in [0.4, 0.5) is 0 Å². The van der Waals surface area contributed by atoms with Gasteiger partial charge in [-0.1, -0.05) is 15.9 Å². The number of primary amides is 1. The van der Waals surface area contributed by atoms with Gasteiger partial charge in [-0.15, -0.1) is 0 Å². The lowest BCUT2D eigenvalue weighted by atomic mass is 10.1. The second-order valence-electron chi connectivity index (χ2n) is 3.35. The van der Waals surface area contributed by atoms with Crippen LogP contribution in [0.15, 0.2) is 16.6 Å². The molecule has 0 saturated carbocycles. The smallest absolute Gasteiger partial charge is 0.271 e. The maximum atomic E-state index is 11.3. The van der Waals surface area contributed by atoms with Crippen LogP contribution in [-0.2, 0) is 0 Å². The molecule has 18 heavy (non-hydrogen) atoms. The number of aromatic amines is 1. The molecule has 1 heterocycles. The van der Waals surface area contributed by atoms with Gasteiger partial charge in [-0.25, -0.2) is 0 Å². The topological polar surface area (TPSA) is 93.9 Å².